The summed E-state index contributed by atoms with van der Waals surface area (Å²) in [5, 5.41) is 7.80. The summed E-state index contributed by atoms with van der Waals surface area (Å²) in [7, 11) is 0. The van der Waals surface area contributed by atoms with Gasteiger partial charge in [-0.1, -0.05) is 17.3 Å². The number of carbonyl (C=O) groups excluding carboxylic acids is 1. The lowest BCUT2D eigenvalue weighted by molar-refractivity contribution is -0.121. The first-order valence-corrected chi connectivity index (χ1v) is 8.04. The lowest BCUT2D eigenvalue weighted by Gasteiger charge is -2.02. The van der Waals surface area contributed by atoms with E-state index in [1.54, 1.807) is 11.3 Å². The van der Waals surface area contributed by atoms with Gasteiger partial charge in [0, 0.05) is 12.0 Å². The van der Waals surface area contributed by atoms with Crippen LogP contribution in [0, 0.1) is 6.92 Å². The van der Waals surface area contributed by atoms with Crippen LogP contribution in [-0.4, -0.2) is 16.0 Å². The van der Waals surface area contributed by atoms with E-state index in [-0.39, 0.29) is 11.1 Å². The molecule has 0 atom stereocenters. The molecule has 0 aliphatic rings. The molecule has 0 spiro atoms. The molecule has 0 aliphatic carbocycles. The maximum absolute atomic E-state index is 11.9. The Hall–Kier alpha value is -1.92. The topological polar surface area (TPSA) is 68.0 Å². The number of aryl methyl sites for hydroxylation is 1. The van der Waals surface area contributed by atoms with Gasteiger partial charge in [0.15, 0.2) is 0 Å². The van der Waals surface area contributed by atoms with Gasteiger partial charge >= 0.3 is 0 Å². The molecular weight excluding hydrogens is 322 g/mol. The van der Waals surface area contributed by atoms with E-state index < -0.39 is 0 Å². The number of nitrogens with one attached hydrogen (secondary N) is 1. The van der Waals surface area contributed by atoms with Crippen molar-refractivity contribution in [1.82, 2.24) is 15.5 Å². The van der Waals surface area contributed by atoms with Crippen molar-refractivity contribution in [3.63, 3.8) is 0 Å². The predicted octanol–water partition coefficient (Wildman–Crippen LogP) is 3.50. The molecule has 2 aromatic heterocycles. The van der Waals surface area contributed by atoms with E-state index in [2.05, 4.69) is 15.5 Å². The highest BCUT2D eigenvalue weighted by atomic mass is 35.5. The molecule has 5 nitrogen and oxygen atoms in total. The lowest BCUT2D eigenvalue weighted by Crippen LogP contribution is -2.22. The summed E-state index contributed by atoms with van der Waals surface area (Å²) >= 11 is 7.47. The predicted molar refractivity (Wildman–Crippen MR) is 86.0 cm³/mol. The Morgan fingerprint density at radius 1 is 1.41 bits per heavy atom. The summed E-state index contributed by atoms with van der Waals surface area (Å²) in [6.45, 7) is 2.25. The third-order valence-corrected chi connectivity index (χ3v) is 4.65. The first-order chi connectivity index (χ1) is 10.6. The number of amides is 1. The van der Waals surface area contributed by atoms with E-state index in [1.807, 2.05) is 31.2 Å². The molecule has 0 fully saturated rings. The Kier molecular flexibility index (Phi) is 4.40. The van der Waals surface area contributed by atoms with Gasteiger partial charge in [-0.3, -0.25) is 4.79 Å². The number of carbonyl (C=O) groups is 1. The van der Waals surface area contributed by atoms with E-state index >= 15 is 0 Å². The van der Waals surface area contributed by atoms with Gasteiger partial charge in [0.1, 0.15) is 5.01 Å². The summed E-state index contributed by atoms with van der Waals surface area (Å²) in [4.78, 5) is 16.4. The molecule has 0 aliphatic heterocycles. The Morgan fingerprint density at radius 3 is 2.95 bits per heavy atom. The van der Waals surface area contributed by atoms with Crippen molar-refractivity contribution < 1.29 is 9.32 Å². The van der Waals surface area contributed by atoms with Crippen LogP contribution < -0.4 is 5.32 Å². The monoisotopic (exact) mass is 335 g/mol. The van der Waals surface area contributed by atoms with Gasteiger partial charge < -0.3 is 9.84 Å². The van der Waals surface area contributed by atoms with Gasteiger partial charge in [-0.05, 0) is 37.1 Å². The number of halogens is 1. The SMILES string of the molecule is Cc1noc(Cl)c1CCC(=O)NCc1nc2ccccc2s1. The Morgan fingerprint density at radius 2 is 2.23 bits per heavy atom. The van der Waals surface area contributed by atoms with Crippen LogP contribution in [-0.2, 0) is 17.8 Å². The number of para-hydroxylation sites is 1. The standard InChI is InChI=1S/C15H14ClN3O2S/c1-9-10(15(16)21-19-9)6-7-13(20)17-8-14-18-11-4-2-3-5-12(11)22-14/h2-5H,6-8H2,1H3,(H,17,20). The van der Waals surface area contributed by atoms with E-state index in [9.17, 15) is 4.79 Å². The molecule has 1 N–H and O–H groups in total. The van der Waals surface area contributed by atoms with Crippen LogP contribution in [0.3, 0.4) is 0 Å². The molecule has 0 radical (unpaired) electrons. The number of aromatic nitrogens is 2. The normalized spacial score (nSPS) is 11.0. The summed E-state index contributed by atoms with van der Waals surface area (Å²) in [5.41, 5.74) is 2.48. The van der Waals surface area contributed by atoms with Gasteiger partial charge in [-0.2, -0.15) is 0 Å². The molecule has 0 bridgehead atoms. The highest BCUT2D eigenvalue weighted by molar-refractivity contribution is 7.18. The molecule has 3 aromatic rings. The average Bonchev–Trinajstić information content (AvgIpc) is 3.07. The average molecular weight is 336 g/mol. The van der Waals surface area contributed by atoms with E-state index in [0.29, 0.717) is 19.4 Å². The highest BCUT2D eigenvalue weighted by Gasteiger charge is 2.13. The molecule has 0 saturated carbocycles. The van der Waals surface area contributed by atoms with Gasteiger partial charge in [0.2, 0.25) is 11.1 Å². The van der Waals surface area contributed by atoms with Gasteiger partial charge in [0.05, 0.1) is 22.5 Å². The molecular formula is C15H14ClN3O2S. The van der Waals surface area contributed by atoms with Crippen LogP contribution in [0.1, 0.15) is 22.7 Å². The number of benzene rings is 1. The first-order valence-electron chi connectivity index (χ1n) is 6.85. The second-order valence-electron chi connectivity index (χ2n) is 4.87. The third kappa shape index (κ3) is 3.28. The molecule has 1 aromatic carbocycles. The minimum Gasteiger partial charge on any atom is -0.350 e. The molecule has 7 heteroatoms. The van der Waals surface area contributed by atoms with Crippen LogP contribution in [0.5, 0.6) is 0 Å². The number of rotatable bonds is 5. The minimum atomic E-state index is -0.0454. The molecule has 2 heterocycles. The minimum absolute atomic E-state index is 0.0454. The maximum atomic E-state index is 11.9. The molecule has 22 heavy (non-hydrogen) atoms. The Balaban J connectivity index is 1.54. The fraction of sp³-hybridized carbons (Fsp3) is 0.267. The quantitative estimate of drug-likeness (QED) is 0.775. The van der Waals surface area contributed by atoms with Crippen molar-refractivity contribution in [2.75, 3.05) is 0 Å². The lowest BCUT2D eigenvalue weighted by atomic mass is 10.1. The molecule has 3 rings (SSSR count). The second-order valence-corrected chi connectivity index (χ2v) is 6.33. The summed E-state index contributed by atoms with van der Waals surface area (Å²) < 4.78 is 5.99. The zero-order valence-corrected chi connectivity index (χ0v) is 13.5. The van der Waals surface area contributed by atoms with Crippen LogP contribution in [0.4, 0.5) is 0 Å². The summed E-state index contributed by atoms with van der Waals surface area (Å²) in [5.74, 6) is -0.0454. The highest BCUT2D eigenvalue weighted by Crippen LogP contribution is 2.22. The second kappa shape index (κ2) is 6.46. The number of fused-ring (bicyclic) bond motifs is 1. The maximum Gasteiger partial charge on any atom is 0.229 e. The number of hydrogen-bond donors (Lipinski definition) is 1. The number of nitrogens with zero attached hydrogens (tertiary/aromatic N) is 2. The van der Waals surface area contributed by atoms with Crippen LogP contribution >= 0.6 is 22.9 Å². The van der Waals surface area contributed by atoms with Gasteiger partial charge in [-0.15, -0.1) is 11.3 Å². The van der Waals surface area contributed by atoms with Crippen molar-refractivity contribution >= 4 is 39.1 Å². The summed E-state index contributed by atoms with van der Waals surface area (Å²) in [6.07, 6.45) is 0.854. The van der Waals surface area contributed by atoms with Crippen LogP contribution in [0.25, 0.3) is 10.2 Å². The van der Waals surface area contributed by atoms with E-state index in [1.165, 1.54) is 0 Å². The van der Waals surface area contributed by atoms with E-state index in [4.69, 9.17) is 16.1 Å². The van der Waals surface area contributed by atoms with Crippen molar-refractivity contribution in [3.05, 3.63) is 45.7 Å². The van der Waals surface area contributed by atoms with E-state index in [0.717, 1.165) is 26.5 Å². The van der Waals surface area contributed by atoms with Gasteiger partial charge in [-0.25, -0.2) is 4.98 Å². The zero-order chi connectivity index (χ0) is 15.5. The number of thiazole rings is 1. The van der Waals surface area contributed by atoms with Crippen molar-refractivity contribution in [3.8, 4) is 0 Å². The fourth-order valence-corrected chi connectivity index (χ4v) is 3.31. The third-order valence-electron chi connectivity index (χ3n) is 3.31. The Labute approximate surface area is 136 Å². The van der Waals surface area contributed by atoms with Crippen LogP contribution in [0.15, 0.2) is 28.8 Å². The number of hydrogen-bond acceptors (Lipinski definition) is 5. The van der Waals surface area contributed by atoms with Crippen LogP contribution in [0.2, 0.25) is 5.22 Å². The molecule has 1 amide bonds. The largest absolute Gasteiger partial charge is 0.350 e. The fourth-order valence-electron chi connectivity index (χ4n) is 2.14. The molecule has 114 valence electrons. The smallest absolute Gasteiger partial charge is 0.229 e. The van der Waals surface area contributed by atoms with Crippen molar-refractivity contribution in [2.24, 2.45) is 0 Å². The molecule has 0 unspecified atom stereocenters. The molecule has 0 saturated heterocycles. The zero-order valence-electron chi connectivity index (χ0n) is 11.9. The first kappa shape index (κ1) is 15.0. The van der Waals surface area contributed by atoms with Crippen molar-refractivity contribution in [2.45, 2.75) is 26.3 Å². The van der Waals surface area contributed by atoms with Crippen molar-refractivity contribution in [1.29, 1.82) is 0 Å². The van der Waals surface area contributed by atoms with Gasteiger partial charge in [0.25, 0.3) is 0 Å². The Bertz CT molecular complexity index is 760. The summed E-state index contributed by atoms with van der Waals surface area (Å²) in [6, 6.07) is 7.92.